The van der Waals surface area contributed by atoms with Crippen LogP contribution in [0.4, 0.5) is 0 Å². The van der Waals surface area contributed by atoms with Gasteiger partial charge in [-0.2, -0.15) is 0 Å². The van der Waals surface area contributed by atoms with Gasteiger partial charge < -0.3 is 13.6 Å². The fraction of sp³-hybridized carbons (Fsp3) is 1.00. The van der Waals surface area contributed by atoms with Gasteiger partial charge in [0, 0.05) is 6.66 Å². The molecule has 15 heavy (non-hydrogen) atoms. The maximum Gasteiger partial charge on any atom is 0.340 e. The van der Waals surface area contributed by atoms with Crippen LogP contribution >= 0.6 is 15.0 Å². The van der Waals surface area contributed by atoms with Crippen molar-refractivity contribution < 1.29 is 22.7 Å². The average molecular weight is 258 g/mol. The van der Waals surface area contributed by atoms with Gasteiger partial charge in [0.1, 0.15) is 5.90 Å². The first kappa shape index (κ1) is 15.3. The first-order chi connectivity index (χ1) is 6.89. The van der Waals surface area contributed by atoms with Gasteiger partial charge in [-0.1, -0.05) is 0 Å². The Hall–Kier alpha value is 0.340. The van der Waals surface area contributed by atoms with Crippen LogP contribution in [0.25, 0.3) is 0 Å². The molecule has 0 aliphatic heterocycles. The molecule has 0 heterocycles. The molecule has 0 N–H and O–H groups in total. The molecule has 7 heteroatoms. The zero-order chi connectivity index (χ0) is 11.9. The Labute approximate surface area is 91.5 Å². The summed E-state index contributed by atoms with van der Waals surface area (Å²) in [6, 6.07) is 0. The van der Waals surface area contributed by atoms with Crippen molar-refractivity contribution in [1.82, 2.24) is 0 Å². The molecule has 0 aliphatic rings. The van der Waals surface area contributed by atoms with Crippen molar-refractivity contribution in [3.63, 3.8) is 0 Å². The minimum Gasteiger partial charge on any atom is -0.328 e. The summed E-state index contributed by atoms with van der Waals surface area (Å²) in [5.41, 5.74) is 0. The molecule has 0 saturated heterocycles. The van der Waals surface area contributed by atoms with Gasteiger partial charge in [0.15, 0.2) is 0 Å². The Balaban J connectivity index is 4.53. The SMILES string of the molecule is CCOP(C)(=O)CP(=O)(OCC)OCC. The molecule has 0 rings (SSSR count). The quantitative estimate of drug-likeness (QED) is 0.626. The Morgan fingerprint density at radius 2 is 1.27 bits per heavy atom. The molecule has 0 amide bonds. The van der Waals surface area contributed by atoms with E-state index in [1.54, 1.807) is 20.8 Å². The largest absolute Gasteiger partial charge is 0.340 e. The highest BCUT2D eigenvalue weighted by Gasteiger charge is 2.33. The smallest absolute Gasteiger partial charge is 0.328 e. The van der Waals surface area contributed by atoms with Crippen LogP contribution in [0.15, 0.2) is 0 Å². The van der Waals surface area contributed by atoms with Crippen LogP contribution in [-0.4, -0.2) is 32.4 Å². The molecule has 92 valence electrons. The van der Waals surface area contributed by atoms with Crippen LogP contribution in [0, 0.1) is 0 Å². The zero-order valence-electron chi connectivity index (χ0n) is 9.76. The summed E-state index contributed by atoms with van der Waals surface area (Å²) in [4.78, 5) is 0. The van der Waals surface area contributed by atoms with Gasteiger partial charge in [0.25, 0.3) is 0 Å². The molecule has 0 radical (unpaired) electrons. The van der Waals surface area contributed by atoms with Gasteiger partial charge in [-0.05, 0) is 20.8 Å². The van der Waals surface area contributed by atoms with Crippen molar-refractivity contribution in [1.29, 1.82) is 0 Å². The zero-order valence-corrected chi connectivity index (χ0v) is 11.6. The lowest BCUT2D eigenvalue weighted by Gasteiger charge is -2.20. The maximum atomic E-state index is 12.0. The fourth-order valence-electron chi connectivity index (χ4n) is 1.14. The molecule has 0 aromatic heterocycles. The standard InChI is InChI=1S/C8H20O5P2/c1-5-11-14(4,9)8-15(10,12-6-2)13-7-3/h5-8H2,1-4H3. The molecule has 0 saturated carbocycles. The van der Waals surface area contributed by atoms with E-state index in [0.717, 1.165) is 0 Å². The molecule has 0 aromatic carbocycles. The molecule has 5 nitrogen and oxygen atoms in total. The monoisotopic (exact) mass is 258 g/mol. The van der Waals surface area contributed by atoms with Gasteiger partial charge in [-0.3, -0.25) is 9.13 Å². The third kappa shape index (κ3) is 6.49. The number of hydrogen-bond acceptors (Lipinski definition) is 5. The molecule has 0 spiro atoms. The van der Waals surface area contributed by atoms with Gasteiger partial charge in [-0.15, -0.1) is 0 Å². The van der Waals surface area contributed by atoms with E-state index in [1.165, 1.54) is 6.66 Å². The second-order valence-electron chi connectivity index (χ2n) is 3.02. The van der Waals surface area contributed by atoms with Crippen LogP contribution in [0.1, 0.15) is 20.8 Å². The van der Waals surface area contributed by atoms with E-state index in [9.17, 15) is 9.13 Å². The summed E-state index contributed by atoms with van der Waals surface area (Å²) < 4.78 is 38.9. The van der Waals surface area contributed by atoms with Gasteiger partial charge in [0.2, 0.25) is 7.37 Å². The maximum absolute atomic E-state index is 12.0. The minimum atomic E-state index is -3.26. The number of rotatable bonds is 8. The summed E-state index contributed by atoms with van der Waals surface area (Å²) in [5.74, 6) is -0.157. The van der Waals surface area contributed by atoms with Crippen LogP contribution in [0.5, 0.6) is 0 Å². The van der Waals surface area contributed by atoms with E-state index in [2.05, 4.69) is 0 Å². The molecule has 0 bridgehead atoms. The number of hydrogen-bond donors (Lipinski definition) is 0. The predicted octanol–water partition coefficient (Wildman–Crippen LogP) is 3.15. The van der Waals surface area contributed by atoms with Crippen molar-refractivity contribution in [2.24, 2.45) is 0 Å². The van der Waals surface area contributed by atoms with Gasteiger partial charge in [-0.25, -0.2) is 0 Å². The Bertz CT molecular complexity index is 256. The van der Waals surface area contributed by atoms with E-state index in [1.807, 2.05) is 0 Å². The van der Waals surface area contributed by atoms with Crippen LogP contribution in [-0.2, 0) is 22.7 Å². The van der Waals surface area contributed by atoms with Crippen molar-refractivity contribution in [2.75, 3.05) is 32.4 Å². The summed E-state index contributed by atoms with van der Waals surface area (Å²) in [6.07, 6.45) is 0. The first-order valence-corrected chi connectivity index (χ1v) is 8.96. The van der Waals surface area contributed by atoms with E-state index in [0.29, 0.717) is 6.61 Å². The topological polar surface area (TPSA) is 61.8 Å². The second kappa shape index (κ2) is 6.82. The van der Waals surface area contributed by atoms with E-state index >= 15 is 0 Å². The molecule has 0 aromatic rings. The first-order valence-electron chi connectivity index (χ1n) is 4.98. The van der Waals surface area contributed by atoms with E-state index in [-0.39, 0.29) is 19.1 Å². The lowest BCUT2D eigenvalue weighted by molar-refractivity contribution is 0.222. The Morgan fingerprint density at radius 1 is 0.867 bits per heavy atom. The molecule has 1 atom stereocenters. The van der Waals surface area contributed by atoms with Crippen molar-refractivity contribution in [3.05, 3.63) is 0 Å². The normalized spacial score (nSPS) is 16.3. The van der Waals surface area contributed by atoms with E-state index < -0.39 is 15.0 Å². The highest BCUT2D eigenvalue weighted by Crippen LogP contribution is 2.61. The lowest BCUT2D eigenvalue weighted by Crippen LogP contribution is -2.02. The van der Waals surface area contributed by atoms with Crippen LogP contribution in [0.3, 0.4) is 0 Å². The second-order valence-corrected chi connectivity index (χ2v) is 8.18. The predicted molar refractivity (Wildman–Crippen MR) is 60.9 cm³/mol. The highest BCUT2D eigenvalue weighted by molar-refractivity contribution is 7.73. The van der Waals surface area contributed by atoms with Crippen LogP contribution in [0.2, 0.25) is 0 Å². The fourth-order valence-corrected chi connectivity index (χ4v) is 6.05. The van der Waals surface area contributed by atoms with Crippen LogP contribution < -0.4 is 0 Å². The average Bonchev–Trinajstić information content (AvgIpc) is 2.02. The van der Waals surface area contributed by atoms with E-state index in [4.69, 9.17) is 13.6 Å². The highest BCUT2D eigenvalue weighted by atomic mass is 31.2. The summed E-state index contributed by atoms with van der Waals surface area (Å²) in [6.45, 7) is 7.47. The molecular formula is C8H20O5P2. The van der Waals surface area contributed by atoms with Crippen molar-refractivity contribution in [3.8, 4) is 0 Å². The molecular weight excluding hydrogens is 238 g/mol. The Morgan fingerprint density at radius 3 is 1.60 bits per heavy atom. The third-order valence-electron chi connectivity index (χ3n) is 1.48. The van der Waals surface area contributed by atoms with Gasteiger partial charge in [0.05, 0.1) is 19.8 Å². The lowest BCUT2D eigenvalue weighted by atomic mass is 10.9. The summed E-state index contributed by atoms with van der Waals surface area (Å²) in [5, 5.41) is 0. The minimum absolute atomic E-state index is 0.157. The summed E-state index contributed by atoms with van der Waals surface area (Å²) >= 11 is 0. The Kier molecular flexibility index (Phi) is 6.98. The third-order valence-corrected chi connectivity index (χ3v) is 7.03. The van der Waals surface area contributed by atoms with Crippen molar-refractivity contribution in [2.45, 2.75) is 20.8 Å². The summed E-state index contributed by atoms with van der Waals surface area (Å²) in [7, 11) is -6.15. The molecule has 1 unspecified atom stereocenters. The molecule has 0 fully saturated rings. The van der Waals surface area contributed by atoms with Crippen molar-refractivity contribution >= 4 is 15.0 Å². The molecule has 0 aliphatic carbocycles. The van der Waals surface area contributed by atoms with Gasteiger partial charge >= 0.3 is 7.60 Å².